The molecule has 5 heteroatoms. The lowest BCUT2D eigenvalue weighted by molar-refractivity contribution is 0.363. The summed E-state index contributed by atoms with van der Waals surface area (Å²) in [5, 5.41) is 6.86. The van der Waals surface area contributed by atoms with E-state index in [0.29, 0.717) is 18.3 Å². The number of benzene rings is 2. The zero-order valence-electron chi connectivity index (χ0n) is 13.0. The SMILES string of the molecule is C=CCOc1cccc(NC(=S)NCc2cccc(OC)c2)c1. The highest BCUT2D eigenvalue weighted by Crippen LogP contribution is 2.17. The number of hydrogen-bond acceptors (Lipinski definition) is 3. The average molecular weight is 328 g/mol. The standard InChI is InChI=1S/C18H20N2O2S/c1-3-10-22-17-9-5-7-15(12-17)20-18(23)19-13-14-6-4-8-16(11-14)21-2/h3-9,11-12H,1,10,13H2,2H3,(H2,19,20,23). The summed E-state index contributed by atoms with van der Waals surface area (Å²) < 4.78 is 10.7. The number of methoxy groups -OCH3 is 1. The van der Waals surface area contributed by atoms with Gasteiger partial charge in [0, 0.05) is 18.3 Å². The largest absolute Gasteiger partial charge is 0.497 e. The highest BCUT2D eigenvalue weighted by atomic mass is 32.1. The lowest BCUT2D eigenvalue weighted by Gasteiger charge is -2.12. The van der Waals surface area contributed by atoms with Crippen molar-refractivity contribution in [3.63, 3.8) is 0 Å². The van der Waals surface area contributed by atoms with E-state index in [-0.39, 0.29) is 0 Å². The molecule has 0 aliphatic rings. The van der Waals surface area contributed by atoms with Gasteiger partial charge >= 0.3 is 0 Å². The van der Waals surface area contributed by atoms with Crippen LogP contribution in [-0.4, -0.2) is 18.8 Å². The highest BCUT2D eigenvalue weighted by Gasteiger charge is 2.01. The molecule has 0 unspecified atom stereocenters. The van der Waals surface area contributed by atoms with E-state index in [1.165, 1.54) is 0 Å². The van der Waals surface area contributed by atoms with E-state index in [1.807, 2.05) is 48.5 Å². The maximum atomic E-state index is 5.50. The van der Waals surface area contributed by atoms with Crippen molar-refractivity contribution >= 4 is 23.0 Å². The van der Waals surface area contributed by atoms with Crippen molar-refractivity contribution in [2.75, 3.05) is 19.0 Å². The molecule has 2 rings (SSSR count). The predicted octanol–water partition coefficient (Wildman–Crippen LogP) is 3.75. The normalized spacial score (nSPS) is 9.78. The molecule has 0 saturated heterocycles. The Labute approximate surface area is 142 Å². The topological polar surface area (TPSA) is 42.5 Å². The van der Waals surface area contributed by atoms with Gasteiger partial charge in [0.15, 0.2) is 5.11 Å². The van der Waals surface area contributed by atoms with E-state index in [1.54, 1.807) is 13.2 Å². The van der Waals surface area contributed by atoms with Crippen LogP contribution in [0, 0.1) is 0 Å². The van der Waals surface area contributed by atoms with Gasteiger partial charge in [-0.3, -0.25) is 0 Å². The summed E-state index contributed by atoms with van der Waals surface area (Å²) in [5.41, 5.74) is 1.96. The molecule has 0 aliphatic carbocycles. The first-order chi connectivity index (χ1) is 11.2. The van der Waals surface area contributed by atoms with Crippen molar-refractivity contribution in [2.45, 2.75) is 6.54 Å². The van der Waals surface area contributed by atoms with Gasteiger partial charge in [-0.05, 0) is 42.0 Å². The van der Waals surface area contributed by atoms with Crippen LogP contribution in [0.3, 0.4) is 0 Å². The first-order valence-electron chi connectivity index (χ1n) is 7.23. The monoisotopic (exact) mass is 328 g/mol. The van der Waals surface area contributed by atoms with Gasteiger partial charge < -0.3 is 20.1 Å². The first kappa shape index (κ1) is 16.8. The maximum Gasteiger partial charge on any atom is 0.171 e. The molecule has 0 heterocycles. The van der Waals surface area contributed by atoms with Gasteiger partial charge in [0.2, 0.25) is 0 Å². The first-order valence-corrected chi connectivity index (χ1v) is 7.63. The van der Waals surface area contributed by atoms with Gasteiger partial charge in [-0.1, -0.05) is 30.9 Å². The Morgan fingerprint density at radius 1 is 1.17 bits per heavy atom. The summed E-state index contributed by atoms with van der Waals surface area (Å²) in [6.45, 7) is 4.73. The van der Waals surface area contributed by atoms with Crippen LogP contribution < -0.4 is 20.1 Å². The van der Waals surface area contributed by atoms with Crippen LogP contribution in [0.25, 0.3) is 0 Å². The Bertz CT molecular complexity index is 674. The number of anilines is 1. The molecule has 0 radical (unpaired) electrons. The minimum Gasteiger partial charge on any atom is -0.497 e. The fourth-order valence-corrected chi connectivity index (χ4v) is 2.15. The number of rotatable bonds is 7. The Kier molecular flexibility index (Phi) is 6.44. The van der Waals surface area contributed by atoms with Crippen molar-refractivity contribution in [1.82, 2.24) is 5.32 Å². The maximum absolute atomic E-state index is 5.50. The van der Waals surface area contributed by atoms with E-state index in [0.717, 1.165) is 22.7 Å². The minimum absolute atomic E-state index is 0.474. The van der Waals surface area contributed by atoms with Gasteiger partial charge in [0.05, 0.1) is 7.11 Å². The molecule has 0 amide bonds. The lowest BCUT2D eigenvalue weighted by Crippen LogP contribution is -2.27. The molecular formula is C18H20N2O2S. The Morgan fingerprint density at radius 2 is 1.96 bits per heavy atom. The molecule has 2 aromatic rings. The number of hydrogen-bond donors (Lipinski definition) is 2. The van der Waals surface area contributed by atoms with Crippen LogP contribution in [0.15, 0.2) is 61.2 Å². The molecule has 0 aliphatic heterocycles. The fourth-order valence-electron chi connectivity index (χ4n) is 1.96. The zero-order chi connectivity index (χ0) is 16.5. The Morgan fingerprint density at radius 3 is 2.74 bits per heavy atom. The molecule has 0 spiro atoms. The molecule has 0 aromatic heterocycles. The Hall–Kier alpha value is -2.53. The van der Waals surface area contributed by atoms with Crippen molar-refractivity contribution in [1.29, 1.82) is 0 Å². The molecule has 2 aromatic carbocycles. The molecule has 0 atom stereocenters. The summed E-state index contributed by atoms with van der Waals surface area (Å²) in [6, 6.07) is 15.5. The predicted molar refractivity (Wildman–Crippen MR) is 98.2 cm³/mol. The van der Waals surface area contributed by atoms with E-state index >= 15 is 0 Å². The second kappa shape index (κ2) is 8.80. The van der Waals surface area contributed by atoms with Gasteiger partial charge in [0.1, 0.15) is 18.1 Å². The van der Waals surface area contributed by atoms with Crippen molar-refractivity contribution in [3.05, 3.63) is 66.7 Å². The zero-order valence-corrected chi connectivity index (χ0v) is 13.9. The number of nitrogens with one attached hydrogen (secondary N) is 2. The van der Waals surface area contributed by atoms with Gasteiger partial charge in [-0.2, -0.15) is 0 Å². The van der Waals surface area contributed by atoms with Gasteiger partial charge in [-0.15, -0.1) is 0 Å². The van der Waals surface area contributed by atoms with E-state index in [2.05, 4.69) is 17.2 Å². The van der Waals surface area contributed by atoms with Crippen LogP contribution in [0.5, 0.6) is 11.5 Å². The number of ether oxygens (including phenoxy) is 2. The van der Waals surface area contributed by atoms with Gasteiger partial charge in [-0.25, -0.2) is 0 Å². The third-order valence-electron chi connectivity index (χ3n) is 3.05. The number of thiocarbonyl (C=S) groups is 1. The second-order valence-electron chi connectivity index (χ2n) is 4.79. The summed E-state index contributed by atoms with van der Waals surface area (Å²) in [5.74, 6) is 1.60. The van der Waals surface area contributed by atoms with Crippen LogP contribution in [0.1, 0.15) is 5.56 Å². The van der Waals surface area contributed by atoms with Crippen LogP contribution in [-0.2, 0) is 6.54 Å². The molecule has 120 valence electrons. The minimum atomic E-state index is 0.474. The summed E-state index contributed by atoms with van der Waals surface area (Å²) in [6.07, 6.45) is 1.71. The van der Waals surface area contributed by atoms with Crippen molar-refractivity contribution < 1.29 is 9.47 Å². The van der Waals surface area contributed by atoms with Crippen LogP contribution in [0.2, 0.25) is 0 Å². The highest BCUT2D eigenvalue weighted by molar-refractivity contribution is 7.80. The van der Waals surface area contributed by atoms with E-state index in [4.69, 9.17) is 21.7 Å². The molecule has 0 bridgehead atoms. The molecule has 23 heavy (non-hydrogen) atoms. The molecule has 4 nitrogen and oxygen atoms in total. The second-order valence-corrected chi connectivity index (χ2v) is 5.19. The van der Waals surface area contributed by atoms with E-state index < -0.39 is 0 Å². The van der Waals surface area contributed by atoms with Crippen LogP contribution in [0.4, 0.5) is 5.69 Å². The van der Waals surface area contributed by atoms with Crippen molar-refractivity contribution in [3.8, 4) is 11.5 Å². The smallest absolute Gasteiger partial charge is 0.171 e. The third kappa shape index (κ3) is 5.64. The van der Waals surface area contributed by atoms with Crippen molar-refractivity contribution in [2.24, 2.45) is 0 Å². The average Bonchev–Trinajstić information content (AvgIpc) is 2.58. The quantitative estimate of drug-likeness (QED) is 0.598. The molecular weight excluding hydrogens is 308 g/mol. The summed E-state index contributed by atoms with van der Waals surface area (Å²) in [7, 11) is 1.65. The van der Waals surface area contributed by atoms with Crippen LogP contribution >= 0.6 is 12.2 Å². The fraction of sp³-hybridized carbons (Fsp3) is 0.167. The summed E-state index contributed by atoms with van der Waals surface area (Å²) >= 11 is 5.32. The Balaban J connectivity index is 1.87. The lowest BCUT2D eigenvalue weighted by atomic mass is 10.2. The summed E-state index contributed by atoms with van der Waals surface area (Å²) in [4.78, 5) is 0. The third-order valence-corrected chi connectivity index (χ3v) is 3.29. The molecule has 2 N–H and O–H groups in total. The van der Waals surface area contributed by atoms with Gasteiger partial charge in [0.25, 0.3) is 0 Å². The molecule has 0 saturated carbocycles. The van der Waals surface area contributed by atoms with E-state index in [9.17, 15) is 0 Å². The molecule has 0 fully saturated rings.